The molecule has 0 bridgehead atoms. The molecule has 1 aromatic heterocycles. The average Bonchev–Trinajstić information content (AvgIpc) is 3.30. The number of halogens is 1. The molecule has 33 heavy (non-hydrogen) atoms. The lowest BCUT2D eigenvalue weighted by molar-refractivity contribution is -0.154. The predicted molar refractivity (Wildman–Crippen MR) is 122 cm³/mol. The highest BCUT2D eigenvalue weighted by molar-refractivity contribution is 5.80. The van der Waals surface area contributed by atoms with Crippen LogP contribution in [0.3, 0.4) is 0 Å². The number of piperazine rings is 1. The number of carbonyl (C=O) groups excluding carboxylic acids is 2. The number of hydrazine groups is 1. The molecule has 0 radical (unpaired) electrons. The summed E-state index contributed by atoms with van der Waals surface area (Å²) in [5.74, 6) is -0.842. The van der Waals surface area contributed by atoms with Gasteiger partial charge in [0, 0.05) is 25.2 Å². The SMILES string of the molecule is Cc1nc(NNC(=O)[C@H](CC2CCCC2)CN(O)C=O)c(F)c(N2CCN(C)[C@H](C)[C@@H]2C)n1. The molecule has 10 nitrogen and oxygen atoms in total. The second kappa shape index (κ2) is 11.1. The third-order valence-corrected chi connectivity index (χ3v) is 7.09. The Balaban J connectivity index is 1.72. The van der Waals surface area contributed by atoms with Crippen molar-refractivity contribution in [1.82, 2.24) is 25.4 Å². The number of likely N-dealkylation sites (N-methyl/N-ethyl adjacent to an activating group) is 1. The maximum absolute atomic E-state index is 15.4. The molecular weight excluding hydrogens is 429 g/mol. The van der Waals surface area contributed by atoms with Gasteiger partial charge in [-0.2, -0.15) is 4.39 Å². The van der Waals surface area contributed by atoms with Crippen LogP contribution in [0.4, 0.5) is 16.0 Å². The summed E-state index contributed by atoms with van der Waals surface area (Å²) < 4.78 is 15.4. The Morgan fingerprint density at radius 2 is 1.97 bits per heavy atom. The number of nitrogens with zero attached hydrogens (tertiary/aromatic N) is 5. The van der Waals surface area contributed by atoms with E-state index in [9.17, 15) is 14.8 Å². The van der Waals surface area contributed by atoms with E-state index in [1.165, 1.54) is 0 Å². The predicted octanol–water partition coefficient (Wildman–Crippen LogP) is 1.94. The first kappa shape index (κ1) is 25.1. The Morgan fingerprint density at radius 3 is 2.64 bits per heavy atom. The second-order valence-corrected chi connectivity index (χ2v) is 9.34. The van der Waals surface area contributed by atoms with Crippen molar-refractivity contribution >= 4 is 24.0 Å². The lowest BCUT2D eigenvalue weighted by Gasteiger charge is -2.44. The summed E-state index contributed by atoms with van der Waals surface area (Å²) in [6, 6.07) is 0.268. The standard InChI is InChI=1S/C22H36FN7O3/c1-14-15(2)30(10-9-28(14)4)21-19(23)20(24-16(3)25-21)26-27-22(32)18(12-29(33)13-31)11-17-7-5-6-8-17/h13-15,17-18,33H,5-12H2,1-4H3,(H,27,32)(H,24,25,26)/t14-,15+,18-/m1/s1. The summed E-state index contributed by atoms with van der Waals surface area (Å²) in [7, 11) is 2.04. The van der Waals surface area contributed by atoms with Crippen LogP contribution < -0.4 is 15.8 Å². The number of aryl methyl sites for hydroxylation is 1. The second-order valence-electron chi connectivity index (χ2n) is 9.34. The van der Waals surface area contributed by atoms with Gasteiger partial charge in [-0.15, -0.1) is 0 Å². The van der Waals surface area contributed by atoms with Crippen molar-refractivity contribution in [2.75, 3.05) is 37.0 Å². The lowest BCUT2D eigenvalue weighted by atomic mass is 9.92. The molecule has 3 atom stereocenters. The van der Waals surface area contributed by atoms with Crippen molar-refractivity contribution in [3.8, 4) is 0 Å². The Bertz CT molecular complexity index is 836. The van der Waals surface area contributed by atoms with E-state index in [1.54, 1.807) is 6.92 Å². The van der Waals surface area contributed by atoms with Gasteiger partial charge in [0.25, 0.3) is 0 Å². The fourth-order valence-electron chi connectivity index (χ4n) is 4.82. The van der Waals surface area contributed by atoms with Crippen LogP contribution in [0.25, 0.3) is 0 Å². The molecule has 1 aliphatic heterocycles. The minimum Gasteiger partial charge on any atom is -0.348 e. The normalized spacial score (nSPS) is 22.8. The summed E-state index contributed by atoms with van der Waals surface area (Å²) in [6.45, 7) is 7.09. The van der Waals surface area contributed by atoms with Crippen LogP contribution in [0.2, 0.25) is 0 Å². The Morgan fingerprint density at radius 1 is 1.27 bits per heavy atom. The lowest BCUT2D eigenvalue weighted by Crippen LogP contribution is -2.56. The molecule has 1 aromatic rings. The van der Waals surface area contributed by atoms with E-state index >= 15 is 4.39 Å². The smallest absolute Gasteiger partial charge is 0.243 e. The van der Waals surface area contributed by atoms with Gasteiger partial charge >= 0.3 is 0 Å². The summed E-state index contributed by atoms with van der Waals surface area (Å²) in [6.07, 6.45) is 5.10. The Kier molecular flexibility index (Phi) is 8.41. The van der Waals surface area contributed by atoms with Crippen LogP contribution in [0.5, 0.6) is 0 Å². The number of nitrogens with one attached hydrogen (secondary N) is 2. The Labute approximate surface area is 194 Å². The van der Waals surface area contributed by atoms with Crippen molar-refractivity contribution in [3.63, 3.8) is 0 Å². The minimum atomic E-state index is -0.631. The van der Waals surface area contributed by atoms with Gasteiger partial charge in [-0.3, -0.25) is 30.5 Å². The number of hydrogen-bond acceptors (Lipinski definition) is 8. The highest BCUT2D eigenvalue weighted by atomic mass is 19.1. The number of hydrogen-bond donors (Lipinski definition) is 3. The quantitative estimate of drug-likeness (QED) is 0.288. The van der Waals surface area contributed by atoms with Crippen LogP contribution in [0, 0.1) is 24.6 Å². The molecule has 2 amide bonds. The zero-order valence-electron chi connectivity index (χ0n) is 19.9. The molecule has 0 unspecified atom stereocenters. The number of anilines is 2. The van der Waals surface area contributed by atoms with Gasteiger partial charge < -0.3 is 4.90 Å². The van der Waals surface area contributed by atoms with Gasteiger partial charge in [-0.05, 0) is 40.2 Å². The van der Waals surface area contributed by atoms with E-state index in [1.807, 2.05) is 18.9 Å². The number of hydroxylamine groups is 2. The third-order valence-electron chi connectivity index (χ3n) is 7.09. The molecular formula is C22H36FN7O3. The monoisotopic (exact) mass is 465 g/mol. The summed E-state index contributed by atoms with van der Waals surface area (Å²) in [4.78, 5) is 36.4. The molecule has 0 aromatic carbocycles. The first-order valence-corrected chi connectivity index (χ1v) is 11.7. The van der Waals surface area contributed by atoms with Crippen molar-refractivity contribution in [2.45, 2.75) is 65.0 Å². The number of carbonyl (C=O) groups is 2. The van der Waals surface area contributed by atoms with E-state index < -0.39 is 17.6 Å². The maximum Gasteiger partial charge on any atom is 0.243 e. The van der Waals surface area contributed by atoms with Crippen molar-refractivity contribution in [1.29, 1.82) is 0 Å². The van der Waals surface area contributed by atoms with Crippen molar-refractivity contribution in [2.24, 2.45) is 11.8 Å². The van der Waals surface area contributed by atoms with Crippen LogP contribution in [-0.4, -0.2) is 76.2 Å². The number of aromatic nitrogens is 2. The fraction of sp³-hybridized carbons (Fsp3) is 0.727. The van der Waals surface area contributed by atoms with E-state index in [0.29, 0.717) is 29.8 Å². The number of amides is 2. The van der Waals surface area contributed by atoms with E-state index in [-0.39, 0.29) is 36.7 Å². The molecule has 1 aliphatic carbocycles. The van der Waals surface area contributed by atoms with Gasteiger partial charge in [0.2, 0.25) is 18.1 Å². The van der Waals surface area contributed by atoms with Gasteiger partial charge in [-0.1, -0.05) is 25.7 Å². The molecule has 1 saturated heterocycles. The summed E-state index contributed by atoms with van der Waals surface area (Å²) >= 11 is 0. The third kappa shape index (κ3) is 6.08. The number of rotatable bonds is 9. The fourth-order valence-corrected chi connectivity index (χ4v) is 4.82. The van der Waals surface area contributed by atoms with Crippen molar-refractivity contribution < 1.29 is 19.2 Å². The summed E-state index contributed by atoms with van der Waals surface area (Å²) in [5, 5.41) is 10.1. The maximum atomic E-state index is 15.4. The topological polar surface area (TPSA) is 114 Å². The Hall–Kier alpha value is -2.53. The zero-order valence-corrected chi connectivity index (χ0v) is 19.9. The average molecular weight is 466 g/mol. The van der Waals surface area contributed by atoms with Gasteiger partial charge in [0.15, 0.2) is 11.6 Å². The van der Waals surface area contributed by atoms with Gasteiger partial charge in [-0.25, -0.2) is 15.0 Å². The van der Waals surface area contributed by atoms with E-state index in [2.05, 4.69) is 32.6 Å². The molecule has 1 saturated carbocycles. The minimum absolute atomic E-state index is 0.0460. The van der Waals surface area contributed by atoms with Crippen LogP contribution >= 0.6 is 0 Å². The van der Waals surface area contributed by atoms with Gasteiger partial charge in [0.1, 0.15) is 5.82 Å². The molecule has 2 heterocycles. The van der Waals surface area contributed by atoms with Gasteiger partial charge in [0.05, 0.1) is 12.5 Å². The van der Waals surface area contributed by atoms with E-state index in [4.69, 9.17) is 0 Å². The van der Waals surface area contributed by atoms with Crippen LogP contribution in [0.15, 0.2) is 0 Å². The highest BCUT2D eigenvalue weighted by Gasteiger charge is 2.32. The molecule has 2 fully saturated rings. The van der Waals surface area contributed by atoms with Crippen molar-refractivity contribution in [3.05, 3.63) is 11.6 Å². The van der Waals surface area contributed by atoms with E-state index in [0.717, 1.165) is 32.2 Å². The molecule has 11 heteroatoms. The van der Waals surface area contributed by atoms with Crippen LogP contribution in [0.1, 0.15) is 51.8 Å². The molecule has 2 aliphatic rings. The zero-order chi connectivity index (χ0) is 24.1. The van der Waals surface area contributed by atoms with Crippen LogP contribution in [-0.2, 0) is 9.59 Å². The molecule has 3 N–H and O–H groups in total. The first-order chi connectivity index (χ1) is 15.7. The largest absolute Gasteiger partial charge is 0.348 e. The summed E-state index contributed by atoms with van der Waals surface area (Å²) in [5.41, 5.74) is 5.14. The molecule has 184 valence electrons. The first-order valence-electron chi connectivity index (χ1n) is 11.7. The highest BCUT2D eigenvalue weighted by Crippen LogP contribution is 2.31. The molecule has 0 spiro atoms. The molecule has 3 rings (SSSR count).